The lowest BCUT2D eigenvalue weighted by molar-refractivity contribution is -0.870. The Hall–Kier alpha value is -2.32. The lowest BCUT2D eigenvalue weighted by atomic mass is 10.0. The van der Waals surface area contributed by atoms with Crippen LogP contribution < -0.4 is 10.2 Å². The van der Waals surface area contributed by atoms with E-state index in [-0.39, 0.29) is 19.1 Å². The van der Waals surface area contributed by atoms with Gasteiger partial charge < -0.3 is 28.8 Å². The lowest BCUT2D eigenvalue weighted by Crippen LogP contribution is -2.46. The van der Waals surface area contributed by atoms with Crippen LogP contribution in [0.1, 0.15) is 335 Å². The first-order valence-electron chi connectivity index (χ1n) is 35.9. The number of aliphatic hydroxyl groups excluding tert-OH is 1. The van der Waals surface area contributed by atoms with E-state index in [1.807, 2.05) is 21.1 Å². The van der Waals surface area contributed by atoms with Gasteiger partial charge in [-0.3, -0.25) is 9.36 Å². The van der Waals surface area contributed by atoms with Crippen molar-refractivity contribution in [3.05, 3.63) is 85.1 Å². The molecule has 0 aromatic carbocycles. The predicted molar refractivity (Wildman–Crippen MR) is 367 cm³/mol. The maximum absolute atomic E-state index is 13.1. The largest absolute Gasteiger partial charge is 0.756 e. The van der Waals surface area contributed by atoms with Gasteiger partial charge in [-0.2, -0.15) is 0 Å². The molecular formula is C75H139N2O6P. The number of carbonyl (C=O) groups is 1. The molecule has 0 aliphatic carbocycles. The quantitative estimate of drug-likeness (QED) is 0.0272. The van der Waals surface area contributed by atoms with Gasteiger partial charge in [0.25, 0.3) is 7.82 Å². The second kappa shape index (κ2) is 65.1. The fraction of sp³-hybridized carbons (Fsp3) is 0.800. The predicted octanol–water partition coefficient (Wildman–Crippen LogP) is 22.5. The number of phosphoric acid groups is 1. The number of amides is 1. The van der Waals surface area contributed by atoms with Gasteiger partial charge in [0.1, 0.15) is 13.2 Å². The zero-order valence-electron chi connectivity index (χ0n) is 56.1. The van der Waals surface area contributed by atoms with Crippen LogP contribution in [0, 0.1) is 0 Å². The molecule has 1 amide bonds. The molecule has 0 spiro atoms. The van der Waals surface area contributed by atoms with Crippen LogP contribution in [0.2, 0.25) is 0 Å². The molecule has 0 heterocycles. The summed E-state index contributed by atoms with van der Waals surface area (Å²) in [5.74, 6) is -0.162. The Morgan fingerprint density at radius 2 is 0.726 bits per heavy atom. The van der Waals surface area contributed by atoms with E-state index in [1.165, 1.54) is 225 Å². The molecule has 84 heavy (non-hydrogen) atoms. The first-order valence-corrected chi connectivity index (χ1v) is 37.4. The number of allylic oxidation sites excluding steroid dienone is 14. The molecule has 3 atom stereocenters. The van der Waals surface area contributed by atoms with Crippen LogP contribution >= 0.6 is 7.82 Å². The number of phosphoric ester groups is 1. The summed E-state index contributed by atoms with van der Waals surface area (Å²) in [6.45, 7) is 4.65. The third-order valence-corrected chi connectivity index (χ3v) is 17.1. The molecule has 9 heteroatoms. The Kier molecular flexibility index (Phi) is 63.3. The number of unbranched alkanes of at least 4 members (excludes halogenated alkanes) is 39. The van der Waals surface area contributed by atoms with Crippen molar-refractivity contribution in [1.82, 2.24) is 5.32 Å². The van der Waals surface area contributed by atoms with E-state index in [0.29, 0.717) is 23.9 Å². The molecule has 0 aromatic rings. The van der Waals surface area contributed by atoms with Crippen molar-refractivity contribution in [3.8, 4) is 0 Å². The van der Waals surface area contributed by atoms with Crippen LogP contribution in [-0.2, 0) is 18.4 Å². The third-order valence-electron chi connectivity index (χ3n) is 16.1. The number of hydrogen-bond donors (Lipinski definition) is 2. The number of aliphatic hydroxyl groups is 1. The summed E-state index contributed by atoms with van der Waals surface area (Å²) in [5.41, 5.74) is 0. The number of hydrogen-bond acceptors (Lipinski definition) is 6. The lowest BCUT2D eigenvalue weighted by Gasteiger charge is -2.30. The molecule has 0 aliphatic rings. The molecule has 490 valence electrons. The van der Waals surface area contributed by atoms with Gasteiger partial charge in [0.15, 0.2) is 0 Å². The van der Waals surface area contributed by atoms with Crippen molar-refractivity contribution in [2.24, 2.45) is 0 Å². The Morgan fingerprint density at radius 1 is 0.429 bits per heavy atom. The molecule has 8 nitrogen and oxygen atoms in total. The number of quaternary nitrogens is 1. The number of likely N-dealkylation sites (N-methyl/N-ethyl adjacent to an activating group) is 1. The summed E-state index contributed by atoms with van der Waals surface area (Å²) in [6.07, 6.45) is 92.3. The van der Waals surface area contributed by atoms with Crippen LogP contribution in [-0.4, -0.2) is 68.5 Å². The van der Waals surface area contributed by atoms with Gasteiger partial charge in [-0.15, -0.1) is 0 Å². The maximum Gasteiger partial charge on any atom is 0.268 e. The Bertz CT molecular complexity index is 1650. The summed E-state index contributed by atoms with van der Waals surface area (Å²) in [7, 11) is 1.31. The zero-order chi connectivity index (χ0) is 61.2. The molecule has 0 rings (SSSR count). The molecule has 0 fully saturated rings. The van der Waals surface area contributed by atoms with Crippen molar-refractivity contribution < 1.29 is 32.9 Å². The van der Waals surface area contributed by atoms with E-state index in [0.717, 1.165) is 83.5 Å². The monoisotopic (exact) mass is 1200 g/mol. The Labute approximate surface area is 522 Å². The smallest absolute Gasteiger partial charge is 0.268 e. The van der Waals surface area contributed by atoms with Crippen molar-refractivity contribution in [1.29, 1.82) is 0 Å². The van der Waals surface area contributed by atoms with Gasteiger partial charge in [-0.25, -0.2) is 0 Å². The molecular weight excluding hydrogens is 1060 g/mol. The third kappa shape index (κ3) is 67.2. The van der Waals surface area contributed by atoms with Crippen LogP contribution in [0.3, 0.4) is 0 Å². The summed E-state index contributed by atoms with van der Waals surface area (Å²) in [5, 5.41) is 14.1. The normalized spacial score (nSPS) is 14.1. The van der Waals surface area contributed by atoms with Crippen molar-refractivity contribution in [2.75, 3.05) is 40.9 Å². The Morgan fingerprint density at radius 3 is 1.06 bits per heavy atom. The highest BCUT2D eigenvalue weighted by atomic mass is 31.2. The minimum Gasteiger partial charge on any atom is -0.756 e. The second-order valence-corrected chi connectivity index (χ2v) is 27.0. The molecule has 3 unspecified atom stereocenters. The molecule has 0 radical (unpaired) electrons. The van der Waals surface area contributed by atoms with Gasteiger partial charge in [0.2, 0.25) is 5.91 Å². The van der Waals surface area contributed by atoms with Crippen LogP contribution in [0.25, 0.3) is 0 Å². The fourth-order valence-electron chi connectivity index (χ4n) is 10.6. The van der Waals surface area contributed by atoms with Crippen LogP contribution in [0.15, 0.2) is 85.1 Å². The summed E-state index contributed by atoms with van der Waals surface area (Å²) >= 11 is 0. The number of carbonyl (C=O) groups excluding carboxylic acids is 1. The molecule has 2 N–H and O–H groups in total. The molecule has 0 bridgehead atoms. The molecule has 0 saturated heterocycles. The minimum absolute atomic E-state index is 0.0110. The van der Waals surface area contributed by atoms with Crippen molar-refractivity contribution in [3.63, 3.8) is 0 Å². The summed E-state index contributed by atoms with van der Waals surface area (Å²) < 4.78 is 23.5. The molecule has 0 aromatic heterocycles. The standard InChI is InChI=1S/C75H139N2O6P/c1-6-8-10-12-14-16-18-20-22-24-26-28-30-32-33-34-35-36-37-38-39-40-41-42-43-45-47-49-51-53-55-57-59-61-63-65-67-69-75(79)76-73(72-83-84(80,81)82-71-70-77(3,4)5)74(78)68-66-64-62-60-58-56-54-52-50-48-46-44-31-29-27-25-23-21-19-17-15-13-11-9-7-2/h8,10,14,16,20,22,26,28,32-33,35-36,38-39,73-74,78H,6-7,9,11-13,15,17-19,21,23-25,27,29-31,34,37,40-72H2,1-5H3,(H-,76,79,80,81)/b10-8-,16-14-,22-20-,28-26-,33-32-,36-35-,39-38-. The average molecular weight is 1200 g/mol. The first-order chi connectivity index (χ1) is 41.0. The SMILES string of the molecule is CC/C=C\C/C=C\C/C=C\C/C=C\C/C=C\C/C=C\C/C=C\CCCCCCCCCCCCCCCCCC(=O)NC(COP(=O)([O-])OCC[N+](C)(C)C)C(O)CCCCCCCCCCCCCCCCCCCCCCCCCCC. The van der Waals surface area contributed by atoms with Crippen LogP contribution in [0.5, 0.6) is 0 Å². The fourth-order valence-corrected chi connectivity index (χ4v) is 11.3. The second-order valence-electron chi connectivity index (χ2n) is 25.6. The summed E-state index contributed by atoms with van der Waals surface area (Å²) in [4.78, 5) is 25.7. The van der Waals surface area contributed by atoms with Gasteiger partial charge in [0, 0.05) is 6.42 Å². The van der Waals surface area contributed by atoms with Crippen molar-refractivity contribution >= 4 is 13.7 Å². The van der Waals surface area contributed by atoms with E-state index in [1.54, 1.807) is 0 Å². The average Bonchev–Trinajstić information content (AvgIpc) is 3.56. The minimum atomic E-state index is -4.58. The van der Waals surface area contributed by atoms with Gasteiger partial charge >= 0.3 is 0 Å². The Balaban J connectivity index is 4.02. The molecule has 0 aliphatic heterocycles. The van der Waals surface area contributed by atoms with E-state index in [4.69, 9.17) is 9.05 Å². The van der Waals surface area contributed by atoms with Gasteiger partial charge in [-0.05, 0) is 70.6 Å². The molecule has 0 saturated carbocycles. The maximum atomic E-state index is 13.1. The number of rotatable bonds is 66. The highest BCUT2D eigenvalue weighted by molar-refractivity contribution is 7.45. The first kappa shape index (κ1) is 81.7. The highest BCUT2D eigenvalue weighted by Crippen LogP contribution is 2.38. The van der Waals surface area contributed by atoms with Crippen molar-refractivity contribution in [2.45, 2.75) is 347 Å². The van der Waals surface area contributed by atoms with E-state index in [2.05, 4.69) is 104 Å². The highest BCUT2D eigenvalue weighted by Gasteiger charge is 2.24. The van der Waals surface area contributed by atoms with Crippen LogP contribution in [0.4, 0.5) is 0 Å². The van der Waals surface area contributed by atoms with Gasteiger partial charge in [-0.1, -0.05) is 343 Å². The topological polar surface area (TPSA) is 108 Å². The van der Waals surface area contributed by atoms with E-state index < -0.39 is 20.0 Å². The van der Waals surface area contributed by atoms with E-state index >= 15 is 0 Å². The zero-order valence-corrected chi connectivity index (χ0v) is 57.0. The summed E-state index contributed by atoms with van der Waals surface area (Å²) in [6, 6.07) is -0.806. The van der Waals surface area contributed by atoms with E-state index in [9.17, 15) is 19.4 Å². The number of nitrogens with zero attached hydrogens (tertiary/aromatic N) is 1. The van der Waals surface area contributed by atoms with Gasteiger partial charge in [0.05, 0.1) is 39.9 Å². The number of nitrogens with one attached hydrogen (secondary N) is 1.